The fraction of sp³-hybridized carbons (Fsp3) is 0.400. The number of nitrogens with two attached hydrogens (primary N) is 1. The second kappa shape index (κ2) is 8.21. The van der Waals surface area contributed by atoms with Crippen molar-refractivity contribution in [1.29, 1.82) is 0 Å². The molecule has 27 heavy (non-hydrogen) atoms. The van der Waals surface area contributed by atoms with Crippen LogP contribution in [0.3, 0.4) is 0 Å². The van der Waals surface area contributed by atoms with E-state index in [2.05, 4.69) is 26.1 Å². The van der Waals surface area contributed by atoms with Gasteiger partial charge in [-0.05, 0) is 35.8 Å². The molecule has 1 aliphatic heterocycles. The van der Waals surface area contributed by atoms with Crippen LogP contribution in [0.25, 0.3) is 0 Å². The molecule has 142 valence electrons. The van der Waals surface area contributed by atoms with Crippen molar-refractivity contribution in [2.45, 2.75) is 25.8 Å². The molecule has 1 fully saturated rings. The molecule has 1 aliphatic rings. The SMILES string of the molecule is Nc1nnnn1CC(=O)NN=Cc1ccc(N2CCCCC2)c([N+](=O)[O-])c1. The fourth-order valence-electron chi connectivity index (χ4n) is 2.84. The van der Waals surface area contributed by atoms with Crippen LogP contribution in [-0.2, 0) is 11.3 Å². The van der Waals surface area contributed by atoms with Crippen molar-refractivity contribution in [1.82, 2.24) is 25.6 Å². The summed E-state index contributed by atoms with van der Waals surface area (Å²) >= 11 is 0. The van der Waals surface area contributed by atoms with Crippen molar-refractivity contribution >= 4 is 29.4 Å². The lowest BCUT2D eigenvalue weighted by Crippen LogP contribution is -2.30. The quantitative estimate of drug-likeness (QED) is 0.416. The Bertz CT molecular complexity index is 858. The minimum absolute atomic E-state index is 0.0121. The van der Waals surface area contributed by atoms with Crippen molar-refractivity contribution in [3.8, 4) is 0 Å². The first-order valence-corrected chi connectivity index (χ1v) is 8.41. The molecule has 0 aliphatic carbocycles. The van der Waals surface area contributed by atoms with E-state index in [4.69, 9.17) is 5.73 Å². The second-order valence-corrected chi connectivity index (χ2v) is 6.04. The topological polar surface area (TPSA) is 157 Å². The van der Waals surface area contributed by atoms with Crippen LogP contribution in [-0.4, -0.2) is 50.3 Å². The van der Waals surface area contributed by atoms with Gasteiger partial charge in [-0.15, -0.1) is 0 Å². The first-order valence-electron chi connectivity index (χ1n) is 8.41. The third-order valence-electron chi connectivity index (χ3n) is 4.15. The number of carbonyl (C=O) groups is 1. The van der Waals surface area contributed by atoms with Crippen LogP contribution >= 0.6 is 0 Å². The number of hydrogen-bond acceptors (Lipinski definition) is 9. The number of hydrazone groups is 1. The molecule has 0 unspecified atom stereocenters. The van der Waals surface area contributed by atoms with Gasteiger partial charge < -0.3 is 10.6 Å². The number of benzene rings is 1. The maximum absolute atomic E-state index is 11.8. The fourth-order valence-corrected chi connectivity index (χ4v) is 2.84. The molecule has 0 bridgehead atoms. The molecule has 0 saturated carbocycles. The highest BCUT2D eigenvalue weighted by molar-refractivity contribution is 5.85. The van der Waals surface area contributed by atoms with E-state index < -0.39 is 10.8 Å². The van der Waals surface area contributed by atoms with Gasteiger partial charge in [-0.2, -0.15) is 5.10 Å². The van der Waals surface area contributed by atoms with E-state index in [1.807, 2.05) is 4.90 Å². The lowest BCUT2D eigenvalue weighted by atomic mass is 10.1. The molecule has 1 saturated heterocycles. The van der Waals surface area contributed by atoms with Gasteiger partial charge in [-0.3, -0.25) is 14.9 Å². The van der Waals surface area contributed by atoms with Crippen LogP contribution in [0.15, 0.2) is 23.3 Å². The number of nitro groups is 1. The molecule has 3 N–H and O–H groups in total. The van der Waals surface area contributed by atoms with Gasteiger partial charge in [0, 0.05) is 24.7 Å². The van der Waals surface area contributed by atoms with Gasteiger partial charge in [0.25, 0.3) is 11.6 Å². The molecule has 3 rings (SSSR count). The van der Waals surface area contributed by atoms with Crippen molar-refractivity contribution in [3.05, 3.63) is 33.9 Å². The lowest BCUT2D eigenvalue weighted by Gasteiger charge is -2.28. The van der Waals surface area contributed by atoms with Gasteiger partial charge in [0.2, 0.25) is 5.95 Å². The van der Waals surface area contributed by atoms with Crippen molar-refractivity contribution < 1.29 is 9.72 Å². The molecule has 12 heteroatoms. The van der Waals surface area contributed by atoms with Gasteiger partial charge >= 0.3 is 0 Å². The third-order valence-corrected chi connectivity index (χ3v) is 4.15. The number of tetrazole rings is 1. The zero-order chi connectivity index (χ0) is 19.2. The first-order chi connectivity index (χ1) is 13.0. The van der Waals surface area contributed by atoms with Gasteiger partial charge in [-0.25, -0.2) is 10.1 Å². The highest BCUT2D eigenvalue weighted by Gasteiger charge is 2.21. The minimum Gasteiger partial charge on any atom is -0.367 e. The predicted molar refractivity (Wildman–Crippen MR) is 97.1 cm³/mol. The van der Waals surface area contributed by atoms with Crippen LogP contribution in [0.1, 0.15) is 24.8 Å². The summed E-state index contributed by atoms with van der Waals surface area (Å²) in [6, 6.07) is 4.89. The van der Waals surface area contributed by atoms with E-state index in [0.717, 1.165) is 37.0 Å². The Morgan fingerprint density at radius 1 is 1.37 bits per heavy atom. The van der Waals surface area contributed by atoms with Crippen molar-refractivity contribution in [2.24, 2.45) is 5.10 Å². The number of piperidine rings is 1. The van der Waals surface area contributed by atoms with E-state index >= 15 is 0 Å². The van der Waals surface area contributed by atoms with Crippen LogP contribution in [0, 0.1) is 10.1 Å². The number of nitrogens with one attached hydrogen (secondary N) is 1. The van der Waals surface area contributed by atoms with E-state index in [0.29, 0.717) is 11.3 Å². The highest BCUT2D eigenvalue weighted by Crippen LogP contribution is 2.30. The van der Waals surface area contributed by atoms with E-state index in [1.54, 1.807) is 12.1 Å². The van der Waals surface area contributed by atoms with Crippen LogP contribution in [0.2, 0.25) is 0 Å². The average Bonchev–Trinajstić information content (AvgIpc) is 3.07. The van der Waals surface area contributed by atoms with Crippen LogP contribution in [0.5, 0.6) is 0 Å². The van der Waals surface area contributed by atoms with Gasteiger partial charge in [-0.1, -0.05) is 11.2 Å². The summed E-state index contributed by atoms with van der Waals surface area (Å²) in [4.78, 5) is 24.8. The summed E-state index contributed by atoms with van der Waals surface area (Å²) < 4.78 is 1.11. The number of nitro benzene ring substituents is 1. The normalized spacial score (nSPS) is 14.4. The maximum atomic E-state index is 11.8. The Kier molecular flexibility index (Phi) is 5.54. The lowest BCUT2D eigenvalue weighted by molar-refractivity contribution is -0.384. The Balaban J connectivity index is 1.66. The summed E-state index contributed by atoms with van der Waals surface area (Å²) in [7, 11) is 0. The van der Waals surface area contributed by atoms with Crippen LogP contribution in [0.4, 0.5) is 17.3 Å². The second-order valence-electron chi connectivity index (χ2n) is 6.04. The standard InChI is InChI=1S/C15H19N9O3/c16-15-19-20-21-23(15)10-14(25)18-17-9-11-4-5-12(13(8-11)24(26)27)22-6-2-1-3-7-22/h4-5,8-9H,1-3,6-7,10H2,(H,18,25)(H2,16,19,21). The molecule has 1 aromatic carbocycles. The number of nitrogens with zero attached hydrogens (tertiary/aromatic N) is 7. The van der Waals surface area contributed by atoms with Gasteiger partial charge in [0.1, 0.15) is 12.2 Å². The number of nitrogen functional groups attached to an aromatic ring is 1. The number of hydrogen-bond donors (Lipinski definition) is 2. The number of aromatic nitrogens is 4. The molecule has 0 radical (unpaired) electrons. The zero-order valence-electron chi connectivity index (χ0n) is 14.5. The molecule has 0 atom stereocenters. The molecular weight excluding hydrogens is 354 g/mol. The summed E-state index contributed by atoms with van der Waals surface area (Å²) in [5.41, 5.74) is 8.90. The Morgan fingerprint density at radius 2 is 2.15 bits per heavy atom. The predicted octanol–water partition coefficient (Wildman–Crippen LogP) is 0.304. The van der Waals surface area contributed by atoms with Crippen LogP contribution < -0.4 is 16.1 Å². The Hall–Kier alpha value is -3.57. The largest absolute Gasteiger partial charge is 0.367 e. The Labute approximate surface area is 154 Å². The number of carbonyl (C=O) groups excluding carboxylic acids is 1. The molecule has 2 heterocycles. The molecule has 2 aromatic rings. The minimum atomic E-state index is -0.482. The van der Waals surface area contributed by atoms with Crippen molar-refractivity contribution in [2.75, 3.05) is 23.7 Å². The van der Waals surface area contributed by atoms with Crippen molar-refractivity contribution in [3.63, 3.8) is 0 Å². The molecule has 1 amide bonds. The monoisotopic (exact) mass is 373 g/mol. The first kappa shape index (κ1) is 18.2. The Morgan fingerprint density at radius 3 is 2.81 bits per heavy atom. The molecule has 12 nitrogen and oxygen atoms in total. The molecule has 1 aromatic heterocycles. The van der Waals surface area contributed by atoms with E-state index in [-0.39, 0.29) is 18.2 Å². The van der Waals surface area contributed by atoms with Gasteiger partial charge in [0.15, 0.2) is 0 Å². The highest BCUT2D eigenvalue weighted by atomic mass is 16.6. The summed E-state index contributed by atoms with van der Waals surface area (Å²) in [6.07, 6.45) is 4.54. The van der Waals surface area contributed by atoms with E-state index in [1.165, 1.54) is 12.3 Å². The number of rotatable bonds is 6. The zero-order valence-corrected chi connectivity index (χ0v) is 14.5. The van der Waals surface area contributed by atoms with E-state index in [9.17, 15) is 14.9 Å². The maximum Gasteiger partial charge on any atom is 0.293 e. The third kappa shape index (κ3) is 4.54. The summed E-state index contributed by atoms with van der Waals surface area (Å²) in [5.74, 6) is -0.470. The summed E-state index contributed by atoms with van der Waals surface area (Å²) in [5, 5.41) is 25.6. The molecule has 0 spiro atoms. The van der Waals surface area contributed by atoms with Gasteiger partial charge in [0.05, 0.1) is 11.1 Å². The summed E-state index contributed by atoms with van der Waals surface area (Å²) in [6.45, 7) is 1.43. The average molecular weight is 373 g/mol. The molecular formula is C15H19N9O3. The number of anilines is 2. The number of amides is 1. The smallest absolute Gasteiger partial charge is 0.293 e.